The van der Waals surface area contributed by atoms with Crippen LogP contribution in [0.25, 0.3) is 0 Å². The Hall–Kier alpha value is -0.296. The molecule has 1 rings (SSSR count). The van der Waals surface area contributed by atoms with Crippen LogP contribution in [-0.2, 0) is 39.1 Å². The van der Waals surface area contributed by atoms with E-state index >= 15 is 0 Å². The molecule has 71 valence electrons. The van der Waals surface area contributed by atoms with Crippen LogP contribution in [0.5, 0.6) is 0 Å². The molecule has 0 aliphatic heterocycles. The van der Waals surface area contributed by atoms with Gasteiger partial charge in [0.15, 0.2) is 0 Å². The molecule has 14 heavy (non-hydrogen) atoms. The van der Waals surface area contributed by atoms with Crippen LogP contribution in [0.2, 0.25) is 0 Å². The summed E-state index contributed by atoms with van der Waals surface area (Å²) in [5.41, 5.74) is 7.15. The number of aryl methyl sites for hydroxylation is 2. The summed E-state index contributed by atoms with van der Waals surface area (Å²) in [7, 11) is 0. The second kappa shape index (κ2) is 8.05. The second-order valence-electron chi connectivity index (χ2n) is 2.66. The first kappa shape index (κ1) is 13.7. The second-order valence-corrected chi connectivity index (χ2v) is 2.66. The molecule has 1 heterocycles. The van der Waals surface area contributed by atoms with Crippen molar-refractivity contribution < 1.29 is 32.7 Å². The van der Waals surface area contributed by atoms with Gasteiger partial charge >= 0.3 is 0 Å². The Kier molecular flexibility index (Phi) is 7.88. The summed E-state index contributed by atoms with van der Waals surface area (Å²) in [6.07, 6.45) is 4.23. The summed E-state index contributed by atoms with van der Waals surface area (Å²) in [4.78, 5) is 7.89. The van der Waals surface area contributed by atoms with Crippen molar-refractivity contribution >= 4 is 0 Å². The average molecular weight is 263 g/mol. The van der Waals surface area contributed by atoms with Gasteiger partial charge in [-0.15, -0.1) is 12.0 Å². The molecule has 0 saturated carbocycles. The minimum atomic E-state index is 0. The van der Waals surface area contributed by atoms with Crippen LogP contribution in [0.4, 0.5) is 0 Å². The largest absolute Gasteiger partial charge is 0.371 e. The SMILES string of the molecule is Cc1cc(CCC#CCN)n[c-]n1.[Y]. The number of aromatic nitrogens is 2. The predicted molar refractivity (Wildman–Crippen MR) is 50.8 cm³/mol. The molecule has 2 N–H and O–H groups in total. The van der Waals surface area contributed by atoms with E-state index < -0.39 is 0 Å². The third kappa shape index (κ3) is 5.44. The summed E-state index contributed by atoms with van der Waals surface area (Å²) in [6, 6.07) is 1.95. The van der Waals surface area contributed by atoms with Crippen molar-refractivity contribution in [2.45, 2.75) is 19.8 Å². The minimum Gasteiger partial charge on any atom is -0.371 e. The van der Waals surface area contributed by atoms with Crippen LogP contribution in [0.1, 0.15) is 17.8 Å². The van der Waals surface area contributed by atoms with Crippen molar-refractivity contribution in [2.75, 3.05) is 6.54 Å². The maximum Gasteiger partial charge on any atom is 0.0551 e. The third-order valence-electron chi connectivity index (χ3n) is 1.53. The van der Waals surface area contributed by atoms with E-state index in [0.29, 0.717) is 6.54 Å². The zero-order valence-electron chi connectivity index (χ0n) is 8.25. The van der Waals surface area contributed by atoms with Gasteiger partial charge in [0.25, 0.3) is 0 Å². The molecule has 1 radical (unpaired) electrons. The van der Waals surface area contributed by atoms with Gasteiger partial charge in [0, 0.05) is 45.5 Å². The average Bonchev–Trinajstić information content (AvgIpc) is 2.13. The number of rotatable bonds is 2. The maximum atomic E-state index is 5.23. The number of nitrogens with two attached hydrogens (primary N) is 1. The smallest absolute Gasteiger partial charge is 0.0551 e. The molecule has 0 aliphatic carbocycles. The van der Waals surface area contributed by atoms with Crippen molar-refractivity contribution in [3.8, 4) is 11.8 Å². The predicted octanol–water partition coefficient (Wildman–Crippen LogP) is 0.477. The van der Waals surface area contributed by atoms with Gasteiger partial charge in [0.05, 0.1) is 6.54 Å². The number of hydrogen-bond donors (Lipinski definition) is 1. The van der Waals surface area contributed by atoms with Gasteiger partial charge in [-0.05, 0) is 6.42 Å². The Morgan fingerprint density at radius 3 is 2.86 bits per heavy atom. The van der Waals surface area contributed by atoms with E-state index in [0.717, 1.165) is 24.2 Å². The van der Waals surface area contributed by atoms with Crippen molar-refractivity contribution in [2.24, 2.45) is 5.73 Å². The van der Waals surface area contributed by atoms with Crippen LogP contribution in [0.3, 0.4) is 0 Å². The summed E-state index contributed by atoms with van der Waals surface area (Å²) in [5.74, 6) is 5.76. The van der Waals surface area contributed by atoms with E-state index in [-0.39, 0.29) is 32.7 Å². The number of hydrogen-bond acceptors (Lipinski definition) is 3. The summed E-state index contributed by atoms with van der Waals surface area (Å²) < 4.78 is 0. The molecule has 0 aliphatic rings. The minimum absolute atomic E-state index is 0. The van der Waals surface area contributed by atoms with Crippen LogP contribution < -0.4 is 5.73 Å². The molecule has 0 aromatic carbocycles. The molecule has 0 spiro atoms. The van der Waals surface area contributed by atoms with Gasteiger partial charge in [-0.25, -0.2) is 0 Å². The third-order valence-corrected chi connectivity index (χ3v) is 1.53. The van der Waals surface area contributed by atoms with Gasteiger partial charge < -0.3 is 15.7 Å². The fourth-order valence-corrected chi connectivity index (χ4v) is 0.953. The van der Waals surface area contributed by atoms with E-state index in [2.05, 4.69) is 28.1 Å². The number of nitrogens with zero attached hydrogens (tertiary/aromatic N) is 2. The Bertz CT molecular complexity index is 328. The molecule has 3 nitrogen and oxygen atoms in total. The first-order valence-corrected chi connectivity index (χ1v) is 4.19. The van der Waals surface area contributed by atoms with Gasteiger partial charge in [0.2, 0.25) is 0 Å². The fraction of sp³-hybridized carbons (Fsp3) is 0.400. The molecule has 4 heteroatoms. The summed E-state index contributed by atoms with van der Waals surface area (Å²) >= 11 is 0. The topological polar surface area (TPSA) is 51.8 Å². The van der Waals surface area contributed by atoms with Crippen molar-refractivity contribution in [3.63, 3.8) is 0 Å². The van der Waals surface area contributed by atoms with Crippen molar-refractivity contribution in [1.29, 1.82) is 0 Å². The van der Waals surface area contributed by atoms with E-state index in [1.165, 1.54) is 0 Å². The fourth-order valence-electron chi connectivity index (χ4n) is 0.953. The Morgan fingerprint density at radius 2 is 2.21 bits per heavy atom. The zero-order valence-corrected chi connectivity index (χ0v) is 11.1. The molecule has 1 aromatic heterocycles. The van der Waals surface area contributed by atoms with E-state index in [9.17, 15) is 0 Å². The Morgan fingerprint density at radius 1 is 1.43 bits per heavy atom. The summed E-state index contributed by atoms with van der Waals surface area (Å²) in [5, 5.41) is 0. The zero-order chi connectivity index (χ0) is 9.52. The molecule has 0 amide bonds. The summed E-state index contributed by atoms with van der Waals surface area (Å²) in [6.45, 7) is 2.35. The van der Waals surface area contributed by atoms with Crippen molar-refractivity contribution in [3.05, 3.63) is 23.8 Å². The van der Waals surface area contributed by atoms with E-state index in [4.69, 9.17) is 5.73 Å². The molecular weight excluding hydrogens is 251 g/mol. The standard InChI is InChI=1S/C10H12N3.Y/c1-9-7-10(13-8-12-9)5-3-2-4-6-11;/h7H,3,5-6,11H2,1H3;/q-1;. The first-order chi connectivity index (χ1) is 6.33. The Labute approximate surface area is 110 Å². The van der Waals surface area contributed by atoms with Crippen LogP contribution in [0, 0.1) is 25.1 Å². The maximum absolute atomic E-state index is 5.23. The van der Waals surface area contributed by atoms with E-state index in [1.54, 1.807) is 0 Å². The monoisotopic (exact) mass is 263 g/mol. The van der Waals surface area contributed by atoms with Gasteiger partial charge in [-0.3, -0.25) is 0 Å². The van der Waals surface area contributed by atoms with Gasteiger partial charge in [-0.2, -0.15) is 0 Å². The molecule has 0 fully saturated rings. The molecule has 0 unspecified atom stereocenters. The van der Waals surface area contributed by atoms with Gasteiger partial charge in [-0.1, -0.05) is 24.2 Å². The van der Waals surface area contributed by atoms with Crippen LogP contribution in [0.15, 0.2) is 6.07 Å². The van der Waals surface area contributed by atoms with Crippen LogP contribution in [-0.4, -0.2) is 16.5 Å². The quantitative estimate of drug-likeness (QED) is 0.623. The normalized spacial score (nSPS) is 8.43. The molecule has 0 atom stereocenters. The van der Waals surface area contributed by atoms with E-state index in [1.807, 2.05) is 13.0 Å². The van der Waals surface area contributed by atoms with Crippen molar-refractivity contribution in [1.82, 2.24) is 9.97 Å². The molecule has 0 bridgehead atoms. The Balaban J connectivity index is 0.00000169. The first-order valence-electron chi connectivity index (χ1n) is 4.19. The molecule has 1 aromatic rings. The van der Waals surface area contributed by atoms with Gasteiger partial charge in [0.1, 0.15) is 0 Å². The van der Waals surface area contributed by atoms with Crippen LogP contribution >= 0.6 is 0 Å². The molecule has 0 saturated heterocycles. The molecular formula is C10H12N3Y-.